The van der Waals surface area contributed by atoms with Crippen molar-refractivity contribution in [1.29, 1.82) is 0 Å². The van der Waals surface area contributed by atoms with E-state index in [1.54, 1.807) is 0 Å². The maximum Gasteiger partial charge on any atom is 0.431 e. The molecule has 0 bridgehead atoms. The lowest BCUT2D eigenvalue weighted by Crippen LogP contribution is -2.52. The Labute approximate surface area is 406 Å². The van der Waals surface area contributed by atoms with E-state index in [0.717, 1.165) is 149 Å². The number of nitrogens with zero attached hydrogens (tertiary/aromatic N) is 4. The minimum Gasteiger partial charge on any atom is -0.453 e. The molecule has 0 spiro atoms. The predicted molar refractivity (Wildman–Crippen MR) is 262 cm³/mol. The van der Waals surface area contributed by atoms with Crippen LogP contribution in [-0.2, 0) is 29.3 Å². The van der Waals surface area contributed by atoms with E-state index in [4.69, 9.17) is 24.3 Å². The molecule has 3 saturated carbocycles. The molecule has 5 aliphatic rings. The lowest BCUT2D eigenvalue weighted by molar-refractivity contribution is -0.155. The number of imidazole rings is 2. The average Bonchev–Trinajstić information content (AvgIpc) is 4.26. The summed E-state index contributed by atoms with van der Waals surface area (Å²) in [5.74, 6) is 1.47. The monoisotopic (exact) mass is 945 g/mol. The molecular formula is C54H72N8O7. The van der Waals surface area contributed by atoms with E-state index >= 15 is 0 Å². The zero-order valence-electron chi connectivity index (χ0n) is 41.1. The number of methoxy groups -OCH3 is 2. The molecule has 3 aliphatic carbocycles. The van der Waals surface area contributed by atoms with Crippen LogP contribution in [0.3, 0.4) is 0 Å². The Balaban J connectivity index is 0.953. The third-order valence-electron chi connectivity index (χ3n) is 16.5. The van der Waals surface area contributed by atoms with Gasteiger partial charge in [-0.05, 0) is 123 Å². The highest BCUT2D eigenvalue weighted by Crippen LogP contribution is 2.50. The fraction of sp³-hybridized carbons (Fsp3) is 0.593. The van der Waals surface area contributed by atoms with Crippen LogP contribution in [0.5, 0.6) is 0 Å². The summed E-state index contributed by atoms with van der Waals surface area (Å²) >= 11 is 0. The summed E-state index contributed by atoms with van der Waals surface area (Å²) < 4.78 is 9.71. The first-order chi connectivity index (χ1) is 33.6. The molecule has 4 amide bonds. The van der Waals surface area contributed by atoms with Crippen molar-refractivity contribution in [3.8, 4) is 33.6 Å². The molecule has 0 unspecified atom stereocenters. The van der Waals surface area contributed by atoms with E-state index in [-0.39, 0.29) is 41.1 Å². The number of alkyl carbamates (subject to hydrolysis) is 1. The number of amides is 4. The number of hydrogen-bond acceptors (Lipinski definition) is 9. The van der Waals surface area contributed by atoms with E-state index in [0.29, 0.717) is 13.1 Å². The topological polar surface area (TPSA) is 184 Å². The van der Waals surface area contributed by atoms with Crippen LogP contribution in [0, 0.1) is 18.8 Å². The van der Waals surface area contributed by atoms with Gasteiger partial charge in [-0.25, -0.2) is 19.6 Å². The average molecular weight is 945 g/mol. The minimum absolute atomic E-state index is 0.0190. The summed E-state index contributed by atoms with van der Waals surface area (Å²) in [4.78, 5) is 79.6. The van der Waals surface area contributed by atoms with Gasteiger partial charge in [-0.1, -0.05) is 94.7 Å². The number of carbonyl (C=O) groups excluding carboxylic acids is 4. The Morgan fingerprint density at radius 2 is 1.22 bits per heavy atom. The first-order valence-corrected chi connectivity index (χ1v) is 25.9. The van der Waals surface area contributed by atoms with Crippen LogP contribution in [0.2, 0.25) is 0 Å². The van der Waals surface area contributed by atoms with E-state index in [1.165, 1.54) is 43.8 Å². The molecule has 4 aromatic rings. The highest BCUT2D eigenvalue weighted by molar-refractivity contribution is 5.87. The van der Waals surface area contributed by atoms with Crippen molar-refractivity contribution in [1.82, 2.24) is 40.5 Å². The van der Waals surface area contributed by atoms with Gasteiger partial charge in [0.25, 0.3) is 5.91 Å². The highest BCUT2D eigenvalue weighted by Gasteiger charge is 2.43. The summed E-state index contributed by atoms with van der Waals surface area (Å²) in [6.45, 7) is 5.81. The van der Waals surface area contributed by atoms with Crippen molar-refractivity contribution in [2.24, 2.45) is 11.8 Å². The second-order valence-electron chi connectivity index (χ2n) is 20.4. The van der Waals surface area contributed by atoms with Gasteiger partial charge >= 0.3 is 12.2 Å². The van der Waals surface area contributed by atoms with Crippen LogP contribution in [-0.4, -0.2) is 93.2 Å². The summed E-state index contributed by atoms with van der Waals surface area (Å²) in [7, 11) is 2.63. The number of ether oxygens (including phenoxy) is 2. The zero-order valence-corrected chi connectivity index (χ0v) is 41.1. The highest BCUT2D eigenvalue weighted by atomic mass is 16.7. The maximum atomic E-state index is 14.3. The number of hydroxylamine groups is 1. The number of H-pyrrole nitrogens is 2. The normalized spacial score (nSPS) is 21.8. The van der Waals surface area contributed by atoms with Gasteiger partial charge in [-0.3, -0.25) is 14.4 Å². The molecule has 2 aromatic carbocycles. The fourth-order valence-electron chi connectivity index (χ4n) is 12.8. The second-order valence-corrected chi connectivity index (χ2v) is 20.4. The molecule has 4 heterocycles. The summed E-state index contributed by atoms with van der Waals surface area (Å²) in [5.41, 5.74) is 11.4. The van der Waals surface area contributed by atoms with Crippen LogP contribution >= 0.6 is 0 Å². The number of hydrogen-bond donors (Lipinski definition) is 4. The van der Waals surface area contributed by atoms with E-state index in [9.17, 15) is 19.2 Å². The first-order valence-electron chi connectivity index (χ1n) is 25.9. The number of aromatic nitrogens is 4. The smallest absolute Gasteiger partial charge is 0.431 e. The maximum absolute atomic E-state index is 14.3. The molecule has 370 valence electrons. The van der Waals surface area contributed by atoms with Crippen molar-refractivity contribution < 1.29 is 33.5 Å². The van der Waals surface area contributed by atoms with Gasteiger partial charge in [0, 0.05) is 18.7 Å². The lowest BCUT2D eigenvalue weighted by atomic mass is 9.71. The van der Waals surface area contributed by atoms with Crippen molar-refractivity contribution >= 4 is 24.0 Å². The Kier molecular flexibility index (Phi) is 15.1. The number of benzene rings is 2. The molecule has 4 N–H and O–H groups in total. The Hall–Kier alpha value is -5.70. The van der Waals surface area contributed by atoms with E-state index in [1.807, 2.05) is 22.2 Å². The lowest BCUT2D eigenvalue weighted by Gasteiger charge is -2.34. The van der Waals surface area contributed by atoms with Crippen LogP contribution < -0.4 is 10.8 Å². The molecule has 9 rings (SSSR count). The van der Waals surface area contributed by atoms with Gasteiger partial charge in [0.15, 0.2) is 6.10 Å². The van der Waals surface area contributed by atoms with Crippen LogP contribution in [0.4, 0.5) is 9.59 Å². The largest absolute Gasteiger partial charge is 0.453 e. The number of aromatic amines is 2. The van der Waals surface area contributed by atoms with Crippen molar-refractivity contribution in [3.63, 3.8) is 0 Å². The standard InChI is InChI=1S/C54H72N8O7/c1-5-54(28-12-13-29-54)45-34(2)39(42-33-56-49(58-42)43-20-14-30-61(43)50(63)46(59-52(65)67-3)37-16-8-6-9-17-37)26-27-40(45)35-22-24-36(25-23-35)41-32-55-48(57-41)44-21-15-31-62(44)51(64)47(69-60-53(66)68-4)38-18-10-7-11-19-38/h22-27,32-33,37-38,43-44,46-47H,5-21,28-31H2,1-4H3,(H,55,57)(H,56,58)(H,59,65)(H,60,66)/t43-,44-,46-,47-/m0/s1. The molecule has 2 saturated heterocycles. The number of carbonyl (C=O) groups is 4. The molecule has 2 aliphatic heterocycles. The quantitative estimate of drug-likeness (QED) is 0.0894. The predicted octanol–water partition coefficient (Wildman–Crippen LogP) is 10.5. The summed E-state index contributed by atoms with van der Waals surface area (Å²) in [6.07, 6.45) is 20.8. The number of likely N-dealkylation sites (tertiary alicyclic amines) is 2. The zero-order chi connectivity index (χ0) is 48.1. The van der Waals surface area contributed by atoms with Gasteiger partial charge in [0.1, 0.15) is 17.7 Å². The van der Waals surface area contributed by atoms with E-state index < -0.39 is 24.3 Å². The Bertz CT molecular complexity index is 2430. The Morgan fingerprint density at radius 3 is 1.83 bits per heavy atom. The van der Waals surface area contributed by atoms with Gasteiger partial charge in [-0.15, -0.1) is 0 Å². The molecule has 5 fully saturated rings. The van der Waals surface area contributed by atoms with Crippen molar-refractivity contribution in [2.45, 2.75) is 165 Å². The van der Waals surface area contributed by atoms with E-state index in [2.05, 4.69) is 71.0 Å². The second kappa shape index (κ2) is 21.5. The molecule has 15 heteroatoms. The first kappa shape index (κ1) is 48.3. The number of nitrogens with one attached hydrogen (secondary N) is 4. The van der Waals surface area contributed by atoms with Crippen LogP contribution in [0.1, 0.15) is 164 Å². The molecule has 15 nitrogen and oxygen atoms in total. The molecular weight excluding hydrogens is 873 g/mol. The van der Waals surface area contributed by atoms with Gasteiger partial charge in [-0.2, -0.15) is 5.48 Å². The molecule has 2 aromatic heterocycles. The van der Waals surface area contributed by atoms with Gasteiger partial charge in [0.05, 0.1) is 50.1 Å². The van der Waals surface area contributed by atoms with Crippen molar-refractivity contribution in [3.05, 3.63) is 71.6 Å². The van der Waals surface area contributed by atoms with Crippen molar-refractivity contribution in [2.75, 3.05) is 27.3 Å². The Morgan fingerprint density at radius 1 is 0.667 bits per heavy atom. The SMILES string of the molecule is CCC1(c2c(-c3ccc(-c4cnc([C@@H]5CCCN5C(=O)[C@@H](ONC(=O)OC)C5CCCCC5)[nH]4)cc3)ccc(-c3cnc([C@@H]4CCCN4C(=O)[C@@H](NC(=O)OC)C4CCCCC4)[nH]3)c2C)CCCC1. The third-order valence-corrected chi connectivity index (χ3v) is 16.5. The molecule has 69 heavy (non-hydrogen) atoms. The van der Waals surface area contributed by atoms with Gasteiger partial charge < -0.3 is 34.6 Å². The van der Waals surface area contributed by atoms with Crippen LogP contribution in [0.15, 0.2) is 48.8 Å². The molecule has 4 atom stereocenters. The number of rotatable bonds is 14. The van der Waals surface area contributed by atoms with Crippen LogP contribution in [0.25, 0.3) is 33.6 Å². The fourth-order valence-corrected chi connectivity index (χ4v) is 12.8. The molecule has 0 radical (unpaired) electrons. The summed E-state index contributed by atoms with van der Waals surface area (Å²) in [6, 6.07) is 12.2. The van der Waals surface area contributed by atoms with Gasteiger partial charge in [0.2, 0.25) is 5.91 Å². The minimum atomic E-state index is -0.786. The summed E-state index contributed by atoms with van der Waals surface area (Å²) in [5, 5.41) is 2.92. The third kappa shape index (κ3) is 10.0.